The zero-order valence-electron chi connectivity index (χ0n) is 8.40. The maximum atomic E-state index is 11.2. The van der Waals surface area contributed by atoms with Crippen LogP contribution >= 0.6 is 0 Å². The molecule has 0 bridgehead atoms. The summed E-state index contributed by atoms with van der Waals surface area (Å²) in [6.07, 6.45) is 0.666. The van der Waals surface area contributed by atoms with Crippen LogP contribution in [0.2, 0.25) is 0 Å². The van der Waals surface area contributed by atoms with Crippen molar-refractivity contribution in [1.82, 2.24) is 5.32 Å². The third-order valence-corrected chi connectivity index (χ3v) is 2.54. The Labute approximate surface area is 87.0 Å². The van der Waals surface area contributed by atoms with Crippen molar-refractivity contribution in [3.05, 3.63) is 17.9 Å². The molecule has 0 aromatic carbocycles. The highest BCUT2D eigenvalue weighted by atomic mass is 16.4. The van der Waals surface area contributed by atoms with Crippen LogP contribution in [0.1, 0.15) is 10.6 Å². The molecule has 0 radical (unpaired) electrons. The first kappa shape index (κ1) is 9.76. The molecular formula is C10H12N2O3. The summed E-state index contributed by atoms with van der Waals surface area (Å²) in [4.78, 5) is 23.5. The number of furan rings is 1. The number of hydrogen-bond donors (Lipinski definition) is 1. The fourth-order valence-corrected chi connectivity index (χ4v) is 1.60. The van der Waals surface area contributed by atoms with Crippen molar-refractivity contribution in [3.8, 4) is 0 Å². The molecule has 0 spiro atoms. The van der Waals surface area contributed by atoms with E-state index >= 15 is 0 Å². The second-order valence-corrected chi connectivity index (χ2v) is 3.51. The van der Waals surface area contributed by atoms with Crippen molar-refractivity contribution in [1.29, 1.82) is 0 Å². The third-order valence-electron chi connectivity index (χ3n) is 2.54. The van der Waals surface area contributed by atoms with Gasteiger partial charge < -0.3 is 14.6 Å². The van der Waals surface area contributed by atoms with Gasteiger partial charge in [-0.05, 0) is 6.07 Å². The molecule has 15 heavy (non-hydrogen) atoms. The summed E-state index contributed by atoms with van der Waals surface area (Å²) in [5.41, 5.74) is 0. The van der Waals surface area contributed by atoms with Crippen molar-refractivity contribution in [3.63, 3.8) is 0 Å². The van der Waals surface area contributed by atoms with E-state index in [2.05, 4.69) is 5.32 Å². The number of amides is 1. The maximum absolute atomic E-state index is 11.2. The number of carbonyl (C=O) groups excluding carboxylic acids is 2. The van der Waals surface area contributed by atoms with Crippen LogP contribution in [0.4, 0.5) is 5.88 Å². The highest BCUT2D eigenvalue weighted by Gasteiger charge is 2.33. The molecule has 1 saturated heterocycles. The minimum atomic E-state index is 0.0276. The van der Waals surface area contributed by atoms with E-state index in [9.17, 15) is 9.59 Å². The molecule has 2 rings (SSSR count). The van der Waals surface area contributed by atoms with Gasteiger partial charge in [0.15, 0.2) is 17.9 Å². The Bertz CT molecular complexity index is 380. The number of rotatable bonds is 3. The lowest BCUT2D eigenvalue weighted by Crippen LogP contribution is -2.53. The van der Waals surface area contributed by atoms with E-state index in [0.717, 1.165) is 0 Å². The number of anilines is 1. The number of hydrogen-bond acceptors (Lipinski definition) is 4. The van der Waals surface area contributed by atoms with Gasteiger partial charge in [0.25, 0.3) is 0 Å². The standard InChI is InChI=1S/C10H12N2O3/c1-11-10(14)7-4-12(5-7)9-3-2-8(6-13)15-9/h2-3,6-7H,4-5H2,1H3,(H,11,14). The molecule has 1 aliphatic heterocycles. The van der Waals surface area contributed by atoms with Gasteiger partial charge in [-0.15, -0.1) is 0 Å². The largest absolute Gasteiger partial charge is 0.438 e. The summed E-state index contributed by atoms with van der Waals surface area (Å²) in [6.45, 7) is 1.29. The topological polar surface area (TPSA) is 62.6 Å². The van der Waals surface area contributed by atoms with Crippen LogP contribution in [0.5, 0.6) is 0 Å². The summed E-state index contributed by atoms with van der Waals surface area (Å²) in [6, 6.07) is 3.36. The summed E-state index contributed by atoms with van der Waals surface area (Å²) in [7, 11) is 1.63. The third kappa shape index (κ3) is 1.72. The van der Waals surface area contributed by atoms with E-state index in [1.54, 1.807) is 19.2 Å². The van der Waals surface area contributed by atoms with Crippen LogP contribution < -0.4 is 10.2 Å². The van der Waals surface area contributed by atoms with Gasteiger partial charge in [0.05, 0.1) is 5.92 Å². The maximum Gasteiger partial charge on any atom is 0.226 e. The molecule has 0 saturated carbocycles. The number of nitrogens with one attached hydrogen (secondary N) is 1. The van der Waals surface area contributed by atoms with Gasteiger partial charge in [-0.3, -0.25) is 9.59 Å². The number of aldehydes is 1. The van der Waals surface area contributed by atoms with Crippen LogP contribution in [0.3, 0.4) is 0 Å². The van der Waals surface area contributed by atoms with Gasteiger partial charge in [0, 0.05) is 26.2 Å². The van der Waals surface area contributed by atoms with Crippen LogP contribution in [0.25, 0.3) is 0 Å². The Kier molecular flexibility index (Phi) is 2.45. The molecule has 80 valence electrons. The van der Waals surface area contributed by atoms with Crippen LogP contribution in [0, 0.1) is 5.92 Å². The molecule has 1 N–H and O–H groups in total. The highest BCUT2D eigenvalue weighted by molar-refractivity contribution is 5.81. The van der Waals surface area contributed by atoms with Crippen LogP contribution in [-0.4, -0.2) is 32.3 Å². The lowest BCUT2D eigenvalue weighted by Gasteiger charge is -2.37. The van der Waals surface area contributed by atoms with Gasteiger partial charge >= 0.3 is 0 Å². The molecule has 0 aliphatic carbocycles. The first-order chi connectivity index (χ1) is 7.24. The van der Waals surface area contributed by atoms with E-state index in [4.69, 9.17) is 4.42 Å². The van der Waals surface area contributed by atoms with Crippen LogP contribution in [-0.2, 0) is 4.79 Å². The second kappa shape index (κ2) is 3.76. The van der Waals surface area contributed by atoms with E-state index in [0.29, 0.717) is 31.0 Å². The van der Waals surface area contributed by atoms with Crippen molar-refractivity contribution in [2.75, 3.05) is 25.0 Å². The molecule has 5 nitrogen and oxygen atoms in total. The smallest absolute Gasteiger partial charge is 0.226 e. The van der Waals surface area contributed by atoms with E-state index in [-0.39, 0.29) is 11.8 Å². The molecule has 1 aromatic rings. The lowest BCUT2D eigenvalue weighted by molar-refractivity contribution is -0.125. The van der Waals surface area contributed by atoms with Gasteiger partial charge in [-0.25, -0.2) is 0 Å². The van der Waals surface area contributed by atoms with Crippen molar-refractivity contribution < 1.29 is 14.0 Å². The molecule has 1 fully saturated rings. The fourth-order valence-electron chi connectivity index (χ4n) is 1.60. The van der Waals surface area contributed by atoms with Gasteiger partial charge in [0.2, 0.25) is 5.91 Å². The van der Waals surface area contributed by atoms with Gasteiger partial charge in [0.1, 0.15) is 0 Å². The monoisotopic (exact) mass is 208 g/mol. The Balaban J connectivity index is 1.94. The summed E-state index contributed by atoms with van der Waals surface area (Å²) >= 11 is 0. The Morgan fingerprint density at radius 1 is 1.60 bits per heavy atom. The molecular weight excluding hydrogens is 196 g/mol. The van der Waals surface area contributed by atoms with Gasteiger partial charge in [-0.1, -0.05) is 0 Å². The average Bonchev–Trinajstić information content (AvgIpc) is 2.63. The zero-order chi connectivity index (χ0) is 10.8. The SMILES string of the molecule is CNC(=O)C1CN(c2ccc(C=O)o2)C1. The van der Waals surface area contributed by atoms with E-state index in [1.807, 2.05) is 4.90 Å². The van der Waals surface area contributed by atoms with Crippen molar-refractivity contribution in [2.45, 2.75) is 0 Å². The summed E-state index contributed by atoms with van der Waals surface area (Å²) in [5.74, 6) is 1.04. The lowest BCUT2D eigenvalue weighted by atomic mass is 10.00. The first-order valence-corrected chi connectivity index (χ1v) is 4.76. The average molecular weight is 208 g/mol. The molecule has 1 amide bonds. The highest BCUT2D eigenvalue weighted by Crippen LogP contribution is 2.26. The molecule has 1 aromatic heterocycles. The summed E-state index contributed by atoms with van der Waals surface area (Å²) < 4.78 is 5.22. The minimum absolute atomic E-state index is 0.0276. The van der Waals surface area contributed by atoms with Crippen LogP contribution in [0.15, 0.2) is 16.5 Å². The fraction of sp³-hybridized carbons (Fsp3) is 0.400. The van der Waals surface area contributed by atoms with Crippen molar-refractivity contribution in [2.24, 2.45) is 5.92 Å². The Morgan fingerprint density at radius 2 is 2.33 bits per heavy atom. The molecule has 1 aliphatic rings. The number of nitrogens with zero attached hydrogens (tertiary/aromatic N) is 1. The zero-order valence-corrected chi connectivity index (χ0v) is 8.40. The molecule has 5 heteroatoms. The van der Waals surface area contributed by atoms with E-state index < -0.39 is 0 Å². The van der Waals surface area contributed by atoms with E-state index in [1.165, 1.54) is 0 Å². The molecule has 0 unspecified atom stereocenters. The van der Waals surface area contributed by atoms with Gasteiger partial charge in [-0.2, -0.15) is 0 Å². The second-order valence-electron chi connectivity index (χ2n) is 3.51. The number of carbonyl (C=O) groups is 2. The van der Waals surface area contributed by atoms with Crippen molar-refractivity contribution >= 4 is 18.1 Å². The predicted octanol–water partition coefficient (Wildman–Crippen LogP) is 0.274. The quantitative estimate of drug-likeness (QED) is 0.724. The Hall–Kier alpha value is -1.78. The predicted molar refractivity (Wildman–Crippen MR) is 53.9 cm³/mol. The molecule has 2 heterocycles. The Morgan fingerprint density at radius 3 is 2.87 bits per heavy atom. The normalized spacial score (nSPS) is 15.9. The minimum Gasteiger partial charge on any atom is -0.438 e. The first-order valence-electron chi connectivity index (χ1n) is 4.76. The molecule has 0 atom stereocenters. The summed E-state index contributed by atoms with van der Waals surface area (Å²) in [5, 5.41) is 2.60.